The van der Waals surface area contributed by atoms with E-state index in [1.807, 2.05) is 42.6 Å². The van der Waals surface area contributed by atoms with E-state index in [1.165, 1.54) is 6.21 Å². The summed E-state index contributed by atoms with van der Waals surface area (Å²) in [6, 6.07) is 13.4. The van der Waals surface area contributed by atoms with E-state index in [-0.39, 0.29) is 0 Å². The number of rotatable bonds is 3. The zero-order chi connectivity index (χ0) is 14.8. The van der Waals surface area contributed by atoms with Crippen LogP contribution in [0.1, 0.15) is 11.1 Å². The highest BCUT2D eigenvalue weighted by Crippen LogP contribution is 2.25. The monoisotopic (exact) mass is 318 g/mol. The van der Waals surface area contributed by atoms with Gasteiger partial charge < -0.3 is 9.77 Å². The average Bonchev–Trinajstić information content (AvgIpc) is 2.81. The molecule has 106 valence electrons. The Morgan fingerprint density at radius 2 is 1.95 bits per heavy atom. The van der Waals surface area contributed by atoms with Crippen LogP contribution in [0.2, 0.25) is 10.0 Å². The zero-order valence-corrected chi connectivity index (χ0v) is 12.5. The number of benzene rings is 2. The summed E-state index contributed by atoms with van der Waals surface area (Å²) in [6.07, 6.45) is 3.37. The van der Waals surface area contributed by atoms with Crippen LogP contribution >= 0.6 is 23.2 Å². The number of aromatic nitrogens is 1. The largest absolute Gasteiger partial charge is 0.411 e. The molecule has 1 aromatic heterocycles. The molecule has 0 saturated heterocycles. The first-order valence-corrected chi connectivity index (χ1v) is 7.14. The van der Waals surface area contributed by atoms with Gasteiger partial charge in [-0.3, -0.25) is 0 Å². The van der Waals surface area contributed by atoms with Crippen LogP contribution in [-0.2, 0) is 6.54 Å². The summed E-state index contributed by atoms with van der Waals surface area (Å²) in [4.78, 5) is 0. The summed E-state index contributed by atoms with van der Waals surface area (Å²) in [5.74, 6) is 0. The summed E-state index contributed by atoms with van der Waals surface area (Å²) in [5, 5.41) is 14.2. The molecule has 0 amide bonds. The van der Waals surface area contributed by atoms with Crippen molar-refractivity contribution >= 4 is 40.3 Å². The fourth-order valence-corrected chi connectivity index (χ4v) is 2.87. The Morgan fingerprint density at radius 1 is 1.14 bits per heavy atom. The second-order valence-electron chi connectivity index (χ2n) is 4.71. The van der Waals surface area contributed by atoms with E-state index in [2.05, 4.69) is 9.72 Å². The minimum absolute atomic E-state index is 0.620. The van der Waals surface area contributed by atoms with Gasteiger partial charge in [0.25, 0.3) is 0 Å². The molecule has 0 aliphatic rings. The van der Waals surface area contributed by atoms with Crippen molar-refractivity contribution in [3.8, 4) is 0 Å². The van der Waals surface area contributed by atoms with E-state index in [0.29, 0.717) is 16.6 Å². The molecule has 0 aliphatic carbocycles. The van der Waals surface area contributed by atoms with Crippen LogP contribution in [0.25, 0.3) is 10.9 Å². The molecular weight excluding hydrogens is 307 g/mol. The maximum atomic E-state index is 8.78. The third kappa shape index (κ3) is 2.75. The van der Waals surface area contributed by atoms with Crippen LogP contribution in [0.3, 0.4) is 0 Å². The normalized spacial score (nSPS) is 11.5. The Hall–Kier alpha value is -1.97. The molecule has 1 N–H and O–H groups in total. The second-order valence-corrected chi connectivity index (χ2v) is 5.55. The molecule has 0 radical (unpaired) electrons. The summed E-state index contributed by atoms with van der Waals surface area (Å²) in [5.41, 5.74) is 2.89. The molecular formula is C16H12Cl2N2O. The molecule has 2 aromatic carbocycles. The van der Waals surface area contributed by atoms with Gasteiger partial charge >= 0.3 is 0 Å². The first kappa shape index (κ1) is 14.0. The van der Waals surface area contributed by atoms with E-state index in [0.717, 1.165) is 22.0 Å². The van der Waals surface area contributed by atoms with Crippen molar-refractivity contribution in [2.45, 2.75) is 6.54 Å². The molecule has 0 aliphatic heterocycles. The van der Waals surface area contributed by atoms with Crippen molar-refractivity contribution in [2.75, 3.05) is 0 Å². The minimum Gasteiger partial charge on any atom is -0.411 e. The molecule has 3 rings (SSSR count). The third-order valence-electron chi connectivity index (χ3n) is 3.37. The van der Waals surface area contributed by atoms with Crippen molar-refractivity contribution in [1.82, 2.24) is 4.57 Å². The van der Waals surface area contributed by atoms with Gasteiger partial charge in [-0.15, -0.1) is 0 Å². The highest BCUT2D eigenvalue weighted by molar-refractivity contribution is 6.35. The van der Waals surface area contributed by atoms with E-state index in [1.54, 1.807) is 6.07 Å². The lowest BCUT2D eigenvalue weighted by Gasteiger charge is -2.08. The molecule has 21 heavy (non-hydrogen) atoms. The van der Waals surface area contributed by atoms with E-state index in [9.17, 15) is 0 Å². The predicted octanol–water partition coefficient (Wildman–Crippen LogP) is 4.80. The Bertz CT molecular complexity index is 824. The topological polar surface area (TPSA) is 37.5 Å². The summed E-state index contributed by atoms with van der Waals surface area (Å²) >= 11 is 12.2. The Balaban J connectivity index is 2.08. The number of hydrogen-bond donors (Lipinski definition) is 1. The van der Waals surface area contributed by atoms with Gasteiger partial charge in [0.2, 0.25) is 0 Å². The molecule has 0 fully saturated rings. The number of nitrogens with zero attached hydrogens (tertiary/aromatic N) is 2. The Labute approximate surface area is 132 Å². The lowest BCUT2D eigenvalue weighted by molar-refractivity contribution is 0.322. The van der Waals surface area contributed by atoms with Crippen molar-refractivity contribution in [3.05, 3.63) is 69.8 Å². The van der Waals surface area contributed by atoms with Gasteiger partial charge in [0.05, 0.1) is 6.21 Å². The number of para-hydroxylation sites is 1. The SMILES string of the molecule is ON=Cc1cn(Cc2ccc(Cl)cc2Cl)c2ccccc12. The average molecular weight is 319 g/mol. The summed E-state index contributed by atoms with van der Waals surface area (Å²) in [7, 11) is 0. The molecule has 5 heteroatoms. The second kappa shape index (κ2) is 5.80. The van der Waals surface area contributed by atoms with Crippen molar-refractivity contribution in [2.24, 2.45) is 5.16 Å². The molecule has 0 saturated carbocycles. The number of oxime groups is 1. The van der Waals surface area contributed by atoms with Gasteiger partial charge in [-0.2, -0.15) is 0 Å². The van der Waals surface area contributed by atoms with E-state index < -0.39 is 0 Å². The number of hydrogen-bond acceptors (Lipinski definition) is 2. The van der Waals surface area contributed by atoms with Gasteiger partial charge in [0.15, 0.2) is 0 Å². The van der Waals surface area contributed by atoms with Gasteiger partial charge in [-0.05, 0) is 23.8 Å². The van der Waals surface area contributed by atoms with E-state index in [4.69, 9.17) is 28.4 Å². The lowest BCUT2D eigenvalue weighted by atomic mass is 10.2. The molecule has 1 heterocycles. The number of halogens is 2. The predicted molar refractivity (Wildman–Crippen MR) is 86.9 cm³/mol. The molecule has 0 bridgehead atoms. The Morgan fingerprint density at radius 3 is 2.71 bits per heavy atom. The first-order chi connectivity index (χ1) is 10.2. The fraction of sp³-hybridized carbons (Fsp3) is 0.0625. The standard InChI is InChI=1S/C16H12Cl2N2O/c17-13-6-5-11(15(18)7-13)9-20-10-12(8-19-21)14-3-1-2-4-16(14)20/h1-8,10,21H,9H2. The van der Waals surface area contributed by atoms with Crippen LogP contribution in [0.5, 0.6) is 0 Å². The summed E-state index contributed by atoms with van der Waals surface area (Å²) in [6.45, 7) is 0.621. The van der Waals surface area contributed by atoms with Crippen LogP contribution < -0.4 is 0 Å². The molecule has 3 nitrogen and oxygen atoms in total. The molecule has 3 aromatic rings. The highest BCUT2D eigenvalue weighted by Gasteiger charge is 2.09. The van der Waals surface area contributed by atoms with Crippen LogP contribution in [0, 0.1) is 0 Å². The molecule has 0 atom stereocenters. The van der Waals surface area contributed by atoms with Gasteiger partial charge in [-0.25, -0.2) is 0 Å². The van der Waals surface area contributed by atoms with Crippen LogP contribution in [0.15, 0.2) is 53.8 Å². The first-order valence-electron chi connectivity index (χ1n) is 6.38. The smallest absolute Gasteiger partial charge is 0.0755 e. The van der Waals surface area contributed by atoms with Crippen molar-refractivity contribution in [1.29, 1.82) is 0 Å². The zero-order valence-electron chi connectivity index (χ0n) is 11.0. The van der Waals surface area contributed by atoms with Crippen LogP contribution in [0.4, 0.5) is 0 Å². The summed E-state index contributed by atoms with van der Waals surface area (Å²) < 4.78 is 2.07. The third-order valence-corrected chi connectivity index (χ3v) is 3.96. The number of fused-ring (bicyclic) bond motifs is 1. The van der Waals surface area contributed by atoms with E-state index >= 15 is 0 Å². The molecule has 0 unspecified atom stereocenters. The Kier molecular flexibility index (Phi) is 3.86. The van der Waals surface area contributed by atoms with Gasteiger partial charge in [-0.1, -0.05) is 52.6 Å². The van der Waals surface area contributed by atoms with Crippen molar-refractivity contribution in [3.63, 3.8) is 0 Å². The van der Waals surface area contributed by atoms with Crippen molar-refractivity contribution < 1.29 is 5.21 Å². The maximum Gasteiger partial charge on any atom is 0.0755 e. The highest BCUT2D eigenvalue weighted by atomic mass is 35.5. The quantitative estimate of drug-likeness (QED) is 0.420. The van der Waals surface area contributed by atoms with Crippen LogP contribution in [-0.4, -0.2) is 16.0 Å². The van der Waals surface area contributed by atoms with Gasteiger partial charge in [0.1, 0.15) is 0 Å². The maximum absolute atomic E-state index is 8.78. The van der Waals surface area contributed by atoms with Gasteiger partial charge in [0, 0.05) is 39.3 Å². The molecule has 0 spiro atoms. The lowest BCUT2D eigenvalue weighted by Crippen LogP contribution is -1.98. The fourth-order valence-electron chi connectivity index (χ4n) is 2.40. The minimum atomic E-state index is 0.620.